The Balaban J connectivity index is 0.000000980. The molecule has 0 amide bonds. The van der Waals surface area contributed by atoms with Crippen LogP contribution >= 0.6 is 12.4 Å². The molecule has 4 N–H and O–H groups in total. The monoisotopic (exact) mass is 214 g/mol. The Morgan fingerprint density at radius 1 is 1.43 bits per heavy atom. The van der Waals surface area contributed by atoms with E-state index in [9.17, 15) is 0 Å². The van der Waals surface area contributed by atoms with Crippen LogP contribution in [0.2, 0.25) is 0 Å². The van der Waals surface area contributed by atoms with Gasteiger partial charge < -0.3 is 16.2 Å². The van der Waals surface area contributed by atoms with Crippen molar-refractivity contribution in [2.75, 3.05) is 12.3 Å². The number of fused-ring (bicyclic) bond motifs is 1. The quantitative estimate of drug-likeness (QED) is 0.648. The molecule has 0 saturated carbocycles. The van der Waals surface area contributed by atoms with Crippen LogP contribution in [0.1, 0.15) is 23.6 Å². The molecule has 3 nitrogen and oxygen atoms in total. The smallest absolute Gasteiger partial charge is 0.147 e. The number of anilines is 1. The molecule has 0 aromatic heterocycles. The van der Waals surface area contributed by atoms with Crippen LogP contribution in [0.15, 0.2) is 12.1 Å². The van der Waals surface area contributed by atoms with Crippen LogP contribution in [0, 0.1) is 6.92 Å². The van der Waals surface area contributed by atoms with E-state index in [1.807, 2.05) is 19.1 Å². The molecule has 0 bridgehead atoms. The molecule has 1 aliphatic heterocycles. The van der Waals surface area contributed by atoms with Crippen LogP contribution in [-0.4, -0.2) is 6.61 Å². The van der Waals surface area contributed by atoms with E-state index in [0.29, 0.717) is 6.61 Å². The lowest BCUT2D eigenvalue weighted by Crippen LogP contribution is -2.21. The Morgan fingerprint density at radius 3 is 2.86 bits per heavy atom. The normalized spacial score (nSPS) is 19.1. The third-order valence-electron chi connectivity index (χ3n) is 2.52. The molecule has 0 unspecified atom stereocenters. The van der Waals surface area contributed by atoms with Gasteiger partial charge in [-0.05, 0) is 12.5 Å². The first-order valence-corrected chi connectivity index (χ1v) is 4.47. The summed E-state index contributed by atoms with van der Waals surface area (Å²) in [5, 5.41) is 0. The molecule has 1 aliphatic rings. The fraction of sp³-hybridized carbons (Fsp3) is 0.400. The molecule has 14 heavy (non-hydrogen) atoms. The molecule has 0 aliphatic carbocycles. The van der Waals surface area contributed by atoms with Gasteiger partial charge in [-0.2, -0.15) is 0 Å². The third-order valence-corrected chi connectivity index (χ3v) is 2.52. The van der Waals surface area contributed by atoms with E-state index >= 15 is 0 Å². The topological polar surface area (TPSA) is 61.3 Å². The van der Waals surface area contributed by atoms with Gasteiger partial charge >= 0.3 is 0 Å². The maximum absolute atomic E-state index is 5.93. The molecule has 4 heteroatoms. The van der Waals surface area contributed by atoms with Gasteiger partial charge in [0.25, 0.3) is 0 Å². The lowest BCUT2D eigenvalue weighted by Gasteiger charge is -2.24. The third kappa shape index (κ3) is 1.65. The van der Waals surface area contributed by atoms with Gasteiger partial charge in [0.05, 0.1) is 12.3 Å². The summed E-state index contributed by atoms with van der Waals surface area (Å²) in [4.78, 5) is 0. The second kappa shape index (κ2) is 4.07. The number of hydrogen-bond acceptors (Lipinski definition) is 3. The Labute approximate surface area is 89.8 Å². The van der Waals surface area contributed by atoms with Crippen LogP contribution in [0.3, 0.4) is 0 Å². The molecular formula is C10H15ClN2O. The van der Waals surface area contributed by atoms with E-state index in [2.05, 4.69) is 0 Å². The largest absolute Gasteiger partial charge is 0.491 e. The van der Waals surface area contributed by atoms with Crippen LogP contribution in [0.5, 0.6) is 5.75 Å². The summed E-state index contributed by atoms with van der Waals surface area (Å²) < 4.78 is 5.50. The van der Waals surface area contributed by atoms with Crippen LogP contribution in [-0.2, 0) is 0 Å². The first kappa shape index (κ1) is 11.1. The summed E-state index contributed by atoms with van der Waals surface area (Å²) in [7, 11) is 0. The van der Waals surface area contributed by atoms with Crippen LogP contribution < -0.4 is 16.2 Å². The number of aryl methyl sites for hydroxylation is 1. The summed E-state index contributed by atoms with van der Waals surface area (Å²) in [6, 6.07) is 4.07. The minimum absolute atomic E-state index is 0. The van der Waals surface area contributed by atoms with Gasteiger partial charge in [-0.15, -0.1) is 12.4 Å². The number of nitrogens with two attached hydrogens (primary N) is 2. The van der Waals surface area contributed by atoms with Crippen molar-refractivity contribution in [1.29, 1.82) is 0 Å². The van der Waals surface area contributed by atoms with E-state index in [4.69, 9.17) is 16.2 Å². The number of hydrogen-bond donors (Lipinski definition) is 2. The van der Waals surface area contributed by atoms with Gasteiger partial charge in [0.15, 0.2) is 0 Å². The van der Waals surface area contributed by atoms with Crippen molar-refractivity contribution in [3.8, 4) is 5.75 Å². The Hall–Kier alpha value is -0.930. The van der Waals surface area contributed by atoms with Crippen LogP contribution in [0.4, 0.5) is 5.69 Å². The SMILES string of the molecule is Cc1ccc2c(c1N)OCC[C@H]2N.Cl. The first-order chi connectivity index (χ1) is 6.20. The molecule has 2 rings (SSSR count). The zero-order valence-electron chi connectivity index (χ0n) is 8.12. The van der Waals surface area contributed by atoms with E-state index in [0.717, 1.165) is 29.0 Å². The van der Waals surface area contributed by atoms with Gasteiger partial charge in [0.2, 0.25) is 0 Å². The highest BCUT2D eigenvalue weighted by atomic mass is 35.5. The maximum atomic E-state index is 5.93. The molecule has 0 fully saturated rings. The molecule has 0 spiro atoms. The summed E-state index contributed by atoms with van der Waals surface area (Å²) in [6.45, 7) is 2.64. The Kier molecular flexibility index (Phi) is 3.24. The maximum Gasteiger partial charge on any atom is 0.147 e. The van der Waals surface area contributed by atoms with Crippen molar-refractivity contribution in [3.05, 3.63) is 23.3 Å². The molecule has 78 valence electrons. The molecular weight excluding hydrogens is 200 g/mol. The van der Waals surface area contributed by atoms with E-state index in [1.54, 1.807) is 0 Å². The highest BCUT2D eigenvalue weighted by molar-refractivity contribution is 5.85. The first-order valence-electron chi connectivity index (χ1n) is 4.47. The highest BCUT2D eigenvalue weighted by Crippen LogP contribution is 2.36. The van der Waals surface area contributed by atoms with Crippen molar-refractivity contribution in [1.82, 2.24) is 0 Å². The predicted molar refractivity (Wildman–Crippen MR) is 59.9 cm³/mol. The number of ether oxygens (including phenoxy) is 1. The number of benzene rings is 1. The minimum Gasteiger partial charge on any atom is -0.491 e. The fourth-order valence-electron chi connectivity index (χ4n) is 1.61. The Bertz CT molecular complexity index is 341. The standard InChI is InChI=1S/C10H14N2O.ClH/c1-6-2-3-7-8(11)4-5-13-10(7)9(6)12;/h2-3,8H,4-5,11-12H2,1H3;1H/t8-;/m1./s1. The molecule has 0 radical (unpaired) electrons. The average Bonchev–Trinajstić information content (AvgIpc) is 2.12. The van der Waals surface area contributed by atoms with Gasteiger partial charge in [-0.1, -0.05) is 12.1 Å². The van der Waals surface area contributed by atoms with Crippen molar-refractivity contribution < 1.29 is 4.74 Å². The van der Waals surface area contributed by atoms with E-state index in [1.165, 1.54) is 0 Å². The number of nitrogen functional groups attached to an aromatic ring is 1. The second-order valence-electron chi connectivity index (χ2n) is 3.46. The van der Waals surface area contributed by atoms with Crippen molar-refractivity contribution in [2.45, 2.75) is 19.4 Å². The summed E-state index contributed by atoms with van der Waals surface area (Å²) in [5.41, 5.74) is 14.6. The van der Waals surface area contributed by atoms with Gasteiger partial charge in [0.1, 0.15) is 5.75 Å². The number of halogens is 1. The summed E-state index contributed by atoms with van der Waals surface area (Å²) in [5.74, 6) is 0.791. The van der Waals surface area contributed by atoms with E-state index in [-0.39, 0.29) is 18.4 Å². The molecule has 0 saturated heterocycles. The summed E-state index contributed by atoms with van der Waals surface area (Å²) in [6.07, 6.45) is 0.871. The molecule has 1 atom stereocenters. The lowest BCUT2D eigenvalue weighted by atomic mass is 9.98. The highest BCUT2D eigenvalue weighted by Gasteiger charge is 2.20. The van der Waals surface area contributed by atoms with Gasteiger partial charge in [-0.25, -0.2) is 0 Å². The Morgan fingerprint density at radius 2 is 2.14 bits per heavy atom. The van der Waals surface area contributed by atoms with Gasteiger partial charge in [0, 0.05) is 18.0 Å². The van der Waals surface area contributed by atoms with Crippen LogP contribution in [0.25, 0.3) is 0 Å². The zero-order valence-corrected chi connectivity index (χ0v) is 8.93. The number of rotatable bonds is 0. The molecule has 1 aromatic rings. The van der Waals surface area contributed by atoms with Crippen molar-refractivity contribution in [3.63, 3.8) is 0 Å². The molecule has 1 heterocycles. The molecule has 1 aromatic carbocycles. The fourth-order valence-corrected chi connectivity index (χ4v) is 1.61. The zero-order chi connectivity index (χ0) is 9.42. The predicted octanol–water partition coefficient (Wildman–Crippen LogP) is 1.78. The van der Waals surface area contributed by atoms with Crippen molar-refractivity contribution >= 4 is 18.1 Å². The van der Waals surface area contributed by atoms with Gasteiger partial charge in [-0.3, -0.25) is 0 Å². The lowest BCUT2D eigenvalue weighted by molar-refractivity contribution is 0.270. The van der Waals surface area contributed by atoms with E-state index < -0.39 is 0 Å². The average molecular weight is 215 g/mol. The second-order valence-corrected chi connectivity index (χ2v) is 3.46. The summed E-state index contributed by atoms with van der Waals surface area (Å²) >= 11 is 0. The van der Waals surface area contributed by atoms with Crippen molar-refractivity contribution in [2.24, 2.45) is 5.73 Å². The minimum atomic E-state index is 0.